The summed E-state index contributed by atoms with van der Waals surface area (Å²) in [7, 11) is 4.10. The van der Waals surface area contributed by atoms with E-state index in [4.69, 9.17) is 0 Å². The van der Waals surface area contributed by atoms with Crippen LogP contribution in [-0.2, 0) is 13.1 Å². The highest BCUT2D eigenvalue weighted by Gasteiger charge is 1.99. The predicted octanol–water partition coefficient (Wildman–Crippen LogP) is -0.0508. The van der Waals surface area contributed by atoms with Crippen molar-refractivity contribution in [2.75, 3.05) is 27.2 Å². The van der Waals surface area contributed by atoms with Crippen LogP contribution in [-0.4, -0.2) is 47.1 Å². The van der Waals surface area contributed by atoms with Crippen LogP contribution in [0.5, 0.6) is 0 Å². The molecule has 1 aromatic rings. The SMILES string of the molecule is CCNCc1cn(CCN(C)C)nn1. The Balaban J connectivity index is 2.35. The molecule has 1 heterocycles. The zero-order chi connectivity index (χ0) is 10.4. The van der Waals surface area contributed by atoms with Crippen molar-refractivity contribution in [3.8, 4) is 0 Å². The van der Waals surface area contributed by atoms with Gasteiger partial charge in [-0.15, -0.1) is 5.10 Å². The predicted molar refractivity (Wildman–Crippen MR) is 56.0 cm³/mol. The maximum Gasteiger partial charge on any atom is 0.0964 e. The van der Waals surface area contributed by atoms with Gasteiger partial charge >= 0.3 is 0 Å². The zero-order valence-corrected chi connectivity index (χ0v) is 9.19. The molecule has 1 aromatic heterocycles. The Morgan fingerprint density at radius 3 is 2.93 bits per heavy atom. The Labute approximate surface area is 85.1 Å². The van der Waals surface area contributed by atoms with Crippen molar-refractivity contribution in [3.63, 3.8) is 0 Å². The number of nitrogens with zero attached hydrogens (tertiary/aromatic N) is 4. The van der Waals surface area contributed by atoms with Gasteiger partial charge in [-0.2, -0.15) is 0 Å². The van der Waals surface area contributed by atoms with E-state index in [0.29, 0.717) is 0 Å². The van der Waals surface area contributed by atoms with Crippen molar-refractivity contribution in [2.24, 2.45) is 0 Å². The van der Waals surface area contributed by atoms with Crippen LogP contribution in [0.25, 0.3) is 0 Å². The lowest BCUT2D eigenvalue weighted by atomic mass is 10.4. The molecule has 0 bridgehead atoms. The number of rotatable bonds is 6. The first kappa shape index (κ1) is 11.1. The van der Waals surface area contributed by atoms with Gasteiger partial charge in [0, 0.05) is 19.3 Å². The summed E-state index contributed by atoms with van der Waals surface area (Å²) < 4.78 is 1.88. The van der Waals surface area contributed by atoms with Gasteiger partial charge < -0.3 is 10.2 Å². The molecule has 0 saturated heterocycles. The van der Waals surface area contributed by atoms with Crippen LogP contribution in [0.2, 0.25) is 0 Å². The topological polar surface area (TPSA) is 46.0 Å². The van der Waals surface area contributed by atoms with E-state index in [2.05, 4.69) is 41.5 Å². The third kappa shape index (κ3) is 3.85. The van der Waals surface area contributed by atoms with Crippen LogP contribution < -0.4 is 5.32 Å². The molecule has 80 valence electrons. The number of likely N-dealkylation sites (N-methyl/N-ethyl adjacent to an activating group) is 1. The minimum atomic E-state index is 0.804. The lowest BCUT2D eigenvalue weighted by Crippen LogP contribution is -2.18. The highest BCUT2D eigenvalue weighted by Crippen LogP contribution is 1.92. The van der Waals surface area contributed by atoms with Gasteiger partial charge in [0.25, 0.3) is 0 Å². The summed E-state index contributed by atoms with van der Waals surface area (Å²) in [5.41, 5.74) is 1.01. The van der Waals surface area contributed by atoms with E-state index >= 15 is 0 Å². The van der Waals surface area contributed by atoms with Gasteiger partial charge in [0.1, 0.15) is 0 Å². The van der Waals surface area contributed by atoms with E-state index in [1.165, 1.54) is 0 Å². The molecule has 0 fully saturated rings. The largest absolute Gasteiger partial charge is 0.311 e. The van der Waals surface area contributed by atoms with Crippen LogP contribution in [0.4, 0.5) is 0 Å². The molecule has 0 unspecified atom stereocenters. The van der Waals surface area contributed by atoms with E-state index < -0.39 is 0 Å². The average Bonchev–Trinajstić information content (AvgIpc) is 2.59. The highest BCUT2D eigenvalue weighted by molar-refractivity contribution is 4.91. The van der Waals surface area contributed by atoms with Gasteiger partial charge in [-0.05, 0) is 20.6 Å². The van der Waals surface area contributed by atoms with E-state index in [1.54, 1.807) is 0 Å². The molecule has 1 rings (SSSR count). The molecule has 0 saturated carbocycles. The van der Waals surface area contributed by atoms with Crippen molar-refractivity contribution in [1.82, 2.24) is 25.2 Å². The van der Waals surface area contributed by atoms with Crippen molar-refractivity contribution in [1.29, 1.82) is 0 Å². The summed E-state index contributed by atoms with van der Waals surface area (Å²) in [6, 6.07) is 0. The van der Waals surface area contributed by atoms with E-state index in [9.17, 15) is 0 Å². The maximum atomic E-state index is 4.06. The van der Waals surface area contributed by atoms with E-state index in [-0.39, 0.29) is 0 Å². The van der Waals surface area contributed by atoms with E-state index in [1.807, 2.05) is 10.9 Å². The van der Waals surface area contributed by atoms with Gasteiger partial charge in [0.05, 0.1) is 12.2 Å². The van der Waals surface area contributed by atoms with Crippen molar-refractivity contribution < 1.29 is 0 Å². The minimum absolute atomic E-state index is 0.804. The zero-order valence-electron chi connectivity index (χ0n) is 9.19. The quantitative estimate of drug-likeness (QED) is 0.694. The fraction of sp³-hybridized carbons (Fsp3) is 0.778. The van der Waals surface area contributed by atoms with Gasteiger partial charge in [-0.3, -0.25) is 4.68 Å². The first-order valence-corrected chi connectivity index (χ1v) is 4.97. The summed E-state index contributed by atoms with van der Waals surface area (Å²) in [6.45, 7) is 5.73. The van der Waals surface area contributed by atoms with Crippen LogP contribution >= 0.6 is 0 Å². The molecule has 5 nitrogen and oxygen atoms in total. The molecule has 0 spiro atoms. The number of nitrogens with one attached hydrogen (secondary N) is 1. The standard InChI is InChI=1S/C9H19N5/c1-4-10-7-9-8-14(12-11-9)6-5-13(2)3/h8,10H,4-7H2,1-3H3. The van der Waals surface area contributed by atoms with Crippen molar-refractivity contribution in [3.05, 3.63) is 11.9 Å². The monoisotopic (exact) mass is 197 g/mol. The van der Waals surface area contributed by atoms with E-state index in [0.717, 1.165) is 31.9 Å². The molecule has 0 radical (unpaired) electrons. The summed E-state index contributed by atoms with van der Waals surface area (Å²) >= 11 is 0. The van der Waals surface area contributed by atoms with Gasteiger partial charge in [0.15, 0.2) is 0 Å². The molecule has 0 aromatic carbocycles. The number of hydrogen-bond acceptors (Lipinski definition) is 4. The first-order valence-electron chi connectivity index (χ1n) is 4.97. The molecule has 0 atom stereocenters. The Kier molecular flexibility index (Phi) is 4.55. The lowest BCUT2D eigenvalue weighted by molar-refractivity contribution is 0.370. The van der Waals surface area contributed by atoms with Crippen LogP contribution in [0.1, 0.15) is 12.6 Å². The summed E-state index contributed by atoms with van der Waals surface area (Å²) in [5, 5.41) is 11.3. The fourth-order valence-electron chi connectivity index (χ4n) is 1.08. The van der Waals surface area contributed by atoms with Crippen molar-refractivity contribution >= 4 is 0 Å². The average molecular weight is 197 g/mol. The smallest absolute Gasteiger partial charge is 0.0964 e. The number of aromatic nitrogens is 3. The third-order valence-electron chi connectivity index (χ3n) is 1.92. The molecule has 14 heavy (non-hydrogen) atoms. The van der Waals surface area contributed by atoms with Crippen LogP contribution in [0.15, 0.2) is 6.20 Å². The van der Waals surface area contributed by atoms with Crippen molar-refractivity contribution in [2.45, 2.75) is 20.0 Å². The van der Waals surface area contributed by atoms with Crippen LogP contribution in [0, 0.1) is 0 Å². The number of hydrogen-bond donors (Lipinski definition) is 1. The molecule has 0 aliphatic heterocycles. The first-order chi connectivity index (χ1) is 6.72. The Bertz CT molecular complexity index is 255. The Morgan fingerprint density at radius 2 is 2.29 bits per heavy atom. The second-order valence-electron chi connectivity index (χ2n) is 3.56. The lowest BCUT2D eigenvalue weighted by Gasteiger charge is -2.07. The van der Waals surface area contributed by atoms with Gasteiger partial charge in [-0.25, -0.2) is 0 Å². The molecule has 0 amide bonds. The second-order valence-corrected chi connectivity index (χ2v) is 3.56. The molecule has 1 N–H and O–H groups in total. The highest BCUT2D eigenvalue weighted by atomic mass is 15.4. The summed E-state index contributed by atoms with van der Waals surface area (Å²) in [6.07, 6.45) is 1.99. The molecule has 0 aliphatic carbocycles. The Morgan fingerprint density at radius 1 is 1.50 bits per heavy atom. The summed E-state index contributed by atoms with van der Waals surface area (Å²) in [5.74, 6) is 0. The molecular weight excluding hydrogens is 178 g/mol. The fourth-order valence-corrected chi connectivity index (χ4v) is 1.08. The maximum absolute atomic E-state index is 4.06. The Hall–Kier alpha value is -0.940. The third-order valence-corrected chi connectivity index (χ3v) is 1.92. The molecule has 5 heteroatoms. The second kappa shape index (κ2) is 5.72. The molecule has 0 aliphatic rings. The van der Waals surface area contributed by atoms with Gasteiger partial charge in [-0.1, -0.05) is 12.1 Å². The summed E-state index contributed by atoms with van der Waals surface area (Å²) in [4.78, 5) is 2.13. The van der Waals surface area contributed by atoms with Crippen LogP contribution in [0.3, 0.4) is 0 Å². The normalized spacial score (nSPS) is 11.1. The molecular formula is C9H19N5. The minimum Gasteiger partial charge on any atom is -0.311 e. The van der Waals surface area contributed by atoms with Gasteiger partial charge in [0.2, 0.25) is 0 Å².